The number of pyridine rings is 1. The maximum Gasteiger partial charge on any atom is 0.225 e. The van der Waals surface area contributed by atoms with Crippen molar-refractivity contribution in [1.82, 2.24) is 4.98 Å². The molecule has 2 rings (SSSR count). The third kappa shape index (κ3) is 2.90. The Morgan fingerprint density at radius 3 is 2.84 bits per heavy atom. The summed E-state index contributed by atoms with van der Waals surface area (Å²) < 4.78 is 5.72. The summed E-state index contributed by atoms with van der Waals surface area (Å²) in [5, 5.41) is 18.6. The van der Waals surface area contributed by atoms with Gasteiger partial charge in [-0.15, -0.1) is 0 Å². The number of hydrogen-bond donors (Lipinski definition) is 1. The van der Waals surface area contributed by atoms with Gasteiger partial charge in [0.1, 0.15) is 5.75 Å². The number of rotatable bonds is 3. The Morgan fingerprint density at radius 2 is 2.16 bits per heavy atom. The van der Waals surface area contributed by atoms with E-state index in [2.05, 4.69) is 11.1 Å². The number of aliphatic hydroxyl groups excluding tert-OH is 1. The highest BCUT2D eigenvalue weighted by molar-refractivity contribution is 5.44. The first-order valence-corrected chi connectivity index (χ1v) is 5.93. The molecule has 0 radical (unpaired) electrons. The predicted molar refractivity (Wildman–Crippen MR) is 70.8 cm³/mol. The van der Waals surface area contributed by atoms with Crippen LogP contribution in [-0.4, -0.2) is 10.1 Å². The van der Waals surface area contributed by atoms with Crippen LogP contribution < -0.4 is 4.74 Å². The highest BCUT2D eigenvalue weighted by Crippen LogP contribution is 2.29. The first-order valence-electron chi connectivity index (χ1n) is 5.93. The summed E-state index contributed by atoms with van der Waals surface area (Å²) in [4.78, 5) is 4.13. The Hall–Kier alpha value is -2.38. The zero-order valence-corrected chi connectivity index (χ0v) is 10.8. The van der Waals surface area contributed by atoms with E-state index >= 15 is 0 Å². The van der Waals surface area contributed by atoms with Crippen LogP contribution >= 0.6 is 0 Å². The van der Waals surface area contributed by atoms with Gasteiger partial charge in [-0.2, -0.15) is 5.26 Å². The Kier molecular flexibility index (Phi) is 3.79. The van der Waals surface area contributed by atoms with Gasteiger partial charge in [-0.25, -0.2) is 4.98 Å². The molecule has 0 fully saturated rings. The van der Waals surface area contributed by atoms with Crippen LogP contribution in [0.1, 0.15) is 29.7 Å². The molecule has 0 aliphatic rings. The van der Waals surface area contributed by atoms with Gasteiger partial charge in [0.2, 0.25) is 5.88 Å². The lowest BCUT2D eigenvalue weighted by molar-refractivity contribution is 0.194. The fraction of sp³-hybridized carbons (Fsp3) is 0.200. The topological polar surface area (TPSA) is 66.1 Å². The first-order chi connectivity index (χ1) is 9.11. The molecule has 0 aliphatic carbocycles. The van der Waals surface area contributed by atoms with E-state index in [0.717, 1.165) is 5.56 Å². The van der Waals surface area contributed by atoms with Gasteiger partial charge in [0.25, 0.3) is 0 Å². The standard InChI is InChI=1S/C15H14N2O2/c1-10-5-6-12(9-16)8-14(10)19-15-13(11(2)18)4-3-7-17-15/h3-8,11,18H,1-2H3. The average molecular weight is 254 g/mol. The van der Waals surface area contributed by atoms with Crippen LogP contribution in [0.4, 0.5) is 0 Å². The van der Waals surface area contributed by atoms with E-state index in [1.165, 1.54) is 0 Å². The molecule has 1 aromatic heterocycles. The minimum atomic E-state index is -0.664. The number of ether oxygens (including phenoxy) is 1. The molecule has 4 heteroatoms. The van der Waals surface area contributed by atoms with Gasteiger partial charge < -0.3 is 9.84 Å². The Morgan fingerprint density at radius 1 is 1.37 bits per heavy atom. The minimum Gasteiger partial charge on any atom is -0.438 e. The van der Waals surface area contributed by atoms with Crippen molar-refractivity contribution in [1.29, 1.82) is 5.26 Å². The van der Waals surface area contributed by atoms with E-state index in [4.69, 9.17) is 10.00 Å². The van der Waals surface area contributed by atoms with Gasteiger partial charge in [0.05, 0.1) is 17.7 Å². The summed E-state index contributed by atoms with van der Waals surface area (Å²) in [5.41, 5.74) is 2.04. The maximum absolute atomic E-state index is 9.68. The molecule has 0 saturated carbocycles. The largest absolute Gasteiger partial charge is 0.438 e. The van der Waals surface area contributed by atoms with Gasteiger partial charge in [0, 0.05) is 11.8 Å². The Balaban J connectivity index is 2.39. The zero-order valence-electron chi connectivity index (χ0n) is 10.8. The van der Waals surface area contributed by atoms with Crippen molar-refractivity contribution in [3.8, 4) is 17.7 Å². The van der Waals surface area contributed by atoms with Crippen LogP contribution in [0.15, 0.2) is 36.5 Å². The summed E-state index contributed by atoms with van der Waals surface area (Å²) in [6.07, 6.45) is 0.938. The average Bonchev–Trinajstić information content (AvgIpc) is 2.41. The van der Waals surface area contributed by atoms with E-state index in [0.29, 0.717) is 22.8 Å². The fourth-order valence-corrected chi connectivity index (χ4v) is 1.69. The van der Waals surface area contributed by atoms with E-state index in [1.54, 1.807) is 37.4 Å². The third-order valence-electron chi connectivity index (χ3n) is 2.77. The molecule has 1 N–H and O–H groups in total. The molecule has 1 unspecified atom stereocenters. The lowest BCUT2D eigenvalue weighted by Crippen LogP contribution is -1.99. The van der Waals surface area contributed by atoms with Crippen LogP contribution in [0.5, 0.6) is 11.6 Å². The van der Waals surface area contributed by atoms with E-state index in [9.17, 15) is 5.11 Å². The molecular formula is C15H14N2O2. The lowest BCUT2D eigenvalue weighted by atomic mass is 10.1. The second-order valence-electron chi connectivity index (χ2n) is 4.27. The normalized spacial score (nSPS) is 11.7. The van der Waals surface area contributed by atoms with Crippen LogP contribution in [0, 0.1) is 18.3 Å². The smallest absolute Gasteiger partial charge is 0.225 e. The highest BCUT2D eigenvalue weighted by atomic mass is 16.5. The van der Waals surface area contributed by atoms with Crippen molar-refractivity contribution in [2.45, 2.75) is 20.0 Å². The Labute approximate surface area is 111 Å². The first kappa shape index (κ1) is 13.1. The predicted octanol–water partition coefficient (Wildman–Crippen LogP) is 3.11. The molecule has 0 spiro atoms. The van der Waals surface area contributed by atoms with Crippen molar-refractivity contribution in [3.63, 3.8) is 0 Å². The number of nitriles is 1. The molecule has 4 nitrogen and oxygen atoms in total. The summed E-state index contributed by atoms with van der Waals surface area (Å²) in [7, 11) is 0. The quantitative estimate of drug-likeness (QED) is 0.913. The molecule has 1 aromatic carbocycles. The number of aromatic nitrogens is 1. The number of aliphatic hydroxyl groups is 1. The van der Waals surface area contributed by atoms with Crippen molar-refractivity contribution >= 4 is 0 Å². The summed E-state index contributed by atoms with van der Waals surface area (Å²) in [5.74, 6) is 0.926. The molecule has 19 heavy (non-hydrogen) atoms. The second kappa shape index (κ2) is 5.51. The van der Waals surface area contributed by atoms with Crippen LogP contribution in [0.25, 0.3) is 0 Å². The van der Waals surface area contributed by atoms with Crippen molar-refractivity contribution in [3.05, 3.63) is 53.2 Å². The van der Waals surface area contributed by atoms with Gasteiger partial charge >= 0.3 is 0 Å². The highest BCUT2D eigenvalue weighted by Gasteiger charge is 2.12. The number of hydrogen-bond acceptors (Lipinski definition) is 4. The molecule has 96 valence electrons. The van der Waals surface area contributed by atoms with E-state index < -0.39 is 6.10 Å². The van der Waals surface area contributed by atoms with Gasteiger partial charge in [0.15, 0.2) is 0 Å². The van der Waals surface area contributed by atoms with E-state index in [1.807, 2.05) is 13.0 Å². The molecule has 0 saturated heterocycles. The number of aryl methyl sites for hydroxylation is 1. The van der Waals surface area contributed by atoms with Gasteiger partial charge in [-0.05, 0) is 43.7 Å². The molecular weight excluding hydrogens is 240 g/mol. The van der Waals surface area contributed by atoms with Crippen molar-refractivity contribution < 1.29 is 9.84 Å². The van der Waals surface area contributed by atoms with Gasteiger partial charge in [-0.1, -0.05) is 6.07 Å². The monoisotopic (exact) mass is 254 g/mol. The van der Waals surface area contributed by atoms with E-state index in [-0.39, 0.29) is 0 Å². The number of benzene rings is 1. The maximum atomic E-state index is 9.68. The molecule has 2 aromatic rings. The minimum absolute atomic E-state index is 0.357. The second-order valence-corrected chi connectivity index (χ2v) is 4.27. The summed E-state index contributed by atoms with van der Waals surface area (Å²) in [6, 6.07) is 10.8. The molecule has 0 aliphatic heterocycles. The zero-order chi connectivity index (χ0) is 13.8. The fourth-order valence-electron chi connectivity index (χ4n) is 1.69. The SMILES string of the molecule is Cc1ccc(C#N)cc1Oc1ncccc1C(C)O. The van der Waals surface area contributed by atoms with Crippen LogP contribution in [0.3, 0.4) is 0 Å². The lowest BCUT2D eigenvalue weighted by Gasteiger charge is -2.13. The van der Waals surface area contributed by atoms with Crippen molar-refractivity contribution in [2.24, 2.45) is 0 Å². The van der Waals surface area contributed by atoms with Crippen LogP contribution in [-0.2, 0) is 0 Å². The third-order valence-corrected chi connectivity index (χ3v) is 2.77. The Bertz CT molecular complexity index is 630. The molecule has 0 amide bonds. The summed E-state index contributed by atoms with van der Waals surface area (Å²) in [6.45, 7) is 3.55. The van der Waals surface area contributed by atoms with Crippen molar-refractivity contribution in [2.75, 3.05) is 0 Å². The molecule has 1 atom stereocenters. The summed E-state index contributed by atoms with van der Waals surface area (Å²) >= 11 is 0. The molecule has 1 heterocycles. The number of nitrogens with zero attached hydrogens (tertiary/aromatic N) is 2. The van der Waals surface area contributed by atoms with Gasteiger partial charge in [-0.3, -0.25) is 0 Å². The van der Waals surface area contributed by atoms with Crippen LogP contribution in [0.2, 0.25) is 0 Å². The molecule has 0 bridgehead atoms.